The number of hydrogen-bond acceptors (Lipinski definition) is 7. The van der Waals surface area contributed by atoms with Crippen LogP contribution in [0.4, 0.5) is 4.39 Å². The number of halogens is 1. The fourth-order valence-electron chi connectivity index (χ4n) is 5.38. The monoisotopic (exact) mass is 492 g/mol. The summed E-state index contributed by atoms with van der Waals surface area (Å²) in [5.74, 6) is 0.00352. The molecule has 0 spiro atoms. The minimum absolute atomic E-state index is 0.0524. The Balaban J connectivity index is 1.36. The average Bonchev–Trinajstić information content (AvgIpc) is 3.37. The van der Waals surface area contributed by atoms with Crippen molar-refractivity contribution in [3.05, 3.63) is 48.2 Å². The third-order valence-corrected chi connectivity index (χ3v) is 7.33. The molecule has 1 aliphatic heterocycles. The zero-order chi connectivity index (χ0) is 25.2. The fourth-order valence-corrected chi connectivity index (χ4v) is 5.38. The number of hydrogen-bond donors (Lipinski definition) is 2. The predicted octanol–water partition coefficient (Wildman–Crippen LogP) is 4.07. The van der Waals surface area contributed by atoms with Crippen molar-refractivity contribution in [2.75, 3.05) is 20.8 Å². The molecule has 1 saturated carbocycles. The number of carbonyl (C=O) groups is 2. The van der Waals surface area contributed by atoms with Gasteiger partial charge in [0.15, 0.2) is 5.78 Å². The Bertz CT molecular complexity index is 1330. The van der Waals surface area contributed by atoms with Gasteiger partial charge in [-0.25, -0.2) is 14.4 Å². The molecule has 188 valence electrons. The highest BCUT2D eigenvalue weighted by molar-refractivity contribution is 5.95. The molecular weight excluding hydrogens is 463 g/mol. The Hall–Kier alpha value is -3.59. The van der Waals surface area contributed by atoms with Crippen molar-refractivity contribution in [1.82, 2.24) is 20.3 Å². The zero-order valence-corrected chi connectivity index (χ0v) is 20.3. The highest BCUT2D eigenvalue weighted by Crippen LogP contribution is 2.36. The van der Waals surface area contributed by atoms with Crippen molar-refractivity contribution in [2.45, 2.75) is 38.1 Å². The van der Waals surface area contributed by atoms with E-state index in [-0.39, 0.29) is 35.4 Å². The van der Waals surface area contributed by atoms with Gasteiger partial charge in [-0.2, -0.15) is 0 Å². The lowest BCUT2D eigenvalue weighted by molar-refractivity contribution is -0.147. The number of nitrogens with zero attached hydrogens (tertiary/aromatic N) is 2. The van der Waals surface area contributed by atoms with Gasteiger partial charge in [0.1, 0.15) is 23.5 Å². The lowest BCUT2D eigenvalue weighted by Gasteiger charge is -2.30. The van der Waals surface area contributed by atoms with Gasteiger partial charge >= 0.3 is 5.97 Å². The minimum atomic E-state index is -0.378. The van der Waals surface area contributed by atoms with Crippen molar-refractivity contribution in [3.63, 3.8) is 0 Å². The fraction of sp³-hybridized carbons (Fsp3) is 0.407. The molecule has 2 aliphatic rings. The first-order chi connectivity index (χ1) is 17.5. The van der Waals surface area contributed by atoms with Crippen LogP contribution in [-0.4, -0.2) is 53.5 Å². The molecular formula is C27H29FN4O4. The van der Waals surface area contributed by atoms with Crippen LogP contribution in [0.2, 0.25) is 0 Å². The second-order valence-electron chi connectivity index (χ2n) is 9.38. The summed E-state index contributed by atoms with van der Waals surface area (Å²) in [5.41, 5.74) is 3.62. The Morgan fingerprint density at radius 1 is 1.06 bits per heavy atom. The molecule has 1 aliphatic carbocycles. The van der Waals surface area contributed by atoms with Gasteiger partial charge in [0.2, 0.25) is 0 Å². The van der Waals surface area contributed by atoms with Gasteiger partial charge in [-0.05, 0) is 61.9 Å². The molecule has 2 N–H and O–H groups in total. The molecule has 0 saturated heterocycles. The molecule has 1 fully saturated rings. The largest absolute Gasteiger partial charge is 0.496 e. The van der Waals surface area contributed by atoms with E-state index < -0.39 is 0 Å². The Morgan fingerprint density at radius 3 is 2.58 bits per heavy atom. The van der Waals surface area contributed by atoms with E-state index in [9.17, 15) is 14.0 Å². The first kappa shape index (κ1) is 24.1. The molecule has 1 unspecified atom stereocenters. The van der Waals surface area contributed by atoms with Crippen LogP contribution in [0, 0.1) is 17.7 Å². The van der Waals surface area contributed by atoms with E-state index >= 15 is 0 Å². The summed E-state index contributed by atoms with van der Waals surface area (Å²) >= 11 is 0. The van der Waals surface area contributed by atoms with Crippen LogP contribution in [-0.2, 0) is 14.3 Å². The molecule has 36 heavy (non-hydrogen) atoms. The number of nitrogens with one attached hydrogen (secondary N) is 2. The Labute approximate surface area is 208 Å². The lowest BCUT2D eigenvalue weighted by atomic mass is 9.77. The second kappa shape index (κ2) is 10.2. The standard InChI is InChI=1S/C27H29FN4O4/c1-35-23-8-7-18(28)12-19(23)24-20-13-21(32-26(20)31-14-30-24)17-9-10-29-22(11-17)25(33)15-3-5-16(6-4-15)27(34)36-2/h7-9,12-16,22,29H,3-6,10-11H2,1-2H3,(H,30,31,32)/t15-,16-,22?. The van der Waals surface area contributed by atoms with E-state index in [2.05, 4.69) is 26.3 Å². The molecule has 2 aromatic heterocycles. The van der Waals surface area contributed by atoms with Crippen molar-refractivity contribution >= 4 is 28.4 Å². The van der Waals surface area contributed by atoms with E-state index in [1.165, 1.54) is 32.7 Å². The summed E-state index contributed by atoms with van der Waals surface area (Å²) in [6.07, 6.45) is 6.84. The molecule has 5 rings (SSSR count). The van der Waals surface area contributed by atoms with Gasteiger partial charge in [0, 0.05) is 29.1 Å². The molecule has 9 heteroatoms. The van der Waals surface area contributed by atoms with Gasteiger partial charge in [0.25, 0.3) is 0 Å². The zero-order valence-electron chi connectivity index (χ0n) is 20.3. The van der Waals surface area contributed by atoms with E-state index in [0.717, 1.165) is 16.7 Å². The SMILES string of the molecule is COc1ccc(F)cc1-c1ncnc2[nH]c(C3=CCNC(C(=O)[C@H]4CC[C@H](C(=O)OC)CC4)C3)cc12. The topological polar surface area (TPSA) is 106 Å². The predicted molar refractivity (Wildman–Crippen MR) is 133 cm³/mol. The van der Waals surface area contributed by atoms with Gasteiger partial charge in [-0.15, -0.1) is 0 Å². The van der Waals surface area contributed by atoms with E-state index in [1.54, 1.807) is 6.07 Å². The highest BCUT2D eigenvalue weighted by atomic mass is 19.1. The van der Waals surface area contributed by atoms with Crippen LogP contribution in [0.15, 0.2) is 36.7 Å². The van der Waals surface area contributed by atoms with Crippen molar-refractivity contribution in [2.24, 2.45) is 11.8 Å². The van der Waals surface area contributed by atoms with Crippen LogP contribution in [0.25, 0.3) is 27.9 Å². The van der Waals surface area contributed by atoms with Crippen molar-refractivity contribution in [3.8, 4) is 17.0 Å². The Morgan fingerprint density at radius 2 is 1.83 bits per heavy atom. The molecule has 0 amide bonds. The summed E-state index contributed by atoms with van der Waals surface area (Å²) in [4.78, 5) is 37.3. The number of ether oxygens (including phenoxy) is 2. The number of aromatic nitrogens is 3. The van der Waals surface area contributed by atoms with E-state index in [4.69, 9.17) is 9.47 Å². The van der Waals surface area contributed by atoms with Crippen LogP contribution < -0.4 is 10.1 Å². The van der Waals surface area contributed by atoms with Crippen LogP contribution in [0.3, 0.4) is 0 Å². The summed E-state index contributed by atoms with van der Waals surface area (Å²) in [6, 6.07) is 6.00. The van der Waals surface area contributed by atoms with Crippen molar-refractivity contribution in [1.29, 1.82) is 0 Å². The van der Waals surface area contributed by atoms with Gasteiger partial charge in [-0.3, -0.25) is 9.59 Å². The molecule has 1 atom stereocenters. The number of Topliss-reactive ketones (excluding diaryl/α,β-unsaturated/α-hetero) is 1. The number of esters is 1. The number of rotatable bonds is 6. The van der Waals surface area contributed by atoms with E-state index in [1.807, 2.05) is 6.07 Å². The van der Waals surface area contributed by atoms with Crippen LogP contribution >= 0.6 is 0 Å². The smallest absolute Gasteiger partial charge is 0.308 e. The molecule has 1 aromatic carbocycles. The van der Waals surface area contributed by atoms with Gasteiger partial charge < -0.3 is 19.8 Å². The maximum atomic E-state index is 14.0. The third kappa shape index (κ3) is 4.63. The Kier molecular flexibility index (Phi) is 6.82. The number of H-pyrrole nitrogens is 1. The van der Waals surface area contributed by atoms with Gasteiger partial charge in [0.05, 0.1) is 31.9 Å². The minimum Gasteiger partial charge on any atom is -0.496 e. The number of methoxy groups -OCH3 is 2. The molecule has 3 aromatic rings. The van der Waals surface area contributed by atoms with E-state index in [0.29, 0.717) is 61.3 Å². The molecule has 0 bridgehead atoms. The molecule has 3 heterocycles. The van der Waals surface area contributed by atoms with Crippen LogP contribution in [0.5, 0.6) is 5.75 Å². The second-order valence-corrected chi connectivity index (χ2v) is 9.38. The summed E-state index contributed by atoms with van der Waals surface area (Å²) in [5, 5.41) is 4.09. The molecule has 8 nitrogen and oxygen atoms in total. The van der Waals surface area contributed by atoms with Crippen LogP contribution in [0.1, 0.15) is 37.8 Å². The number of carbonyl (C=O) groups excluding carboxylic acids is 2. The summed E-state index contributed by atoms with van der Waals surface area (Å²) < 4.78 is 24.3. The number of aromatic amines is 1. The molecule has 0 radical (unpaired) electrons. The number of ketones is 1. The quantitative estimate of drug-likeness (QED) is 0.500. The first-order valence-electron chi connectivity index (χ1n) is 12.2. The van der Waals surface area contributed by atoms with Crippen molar-refractivity contribution < 1.29 is 23.5 Å². The number of benzene rings is 1. The average molecular weight is 493 g/mol. The summed E-state index contributed by atoms with van der Waals surface area (Å²) in [7, 11) is 2.95. The third-order valence-electron chi connectivity index (χ3n) is 7.33. The normalized spacial score (nSPS) is 22.2. The lowest BCUT2D eigenvalue weighted by Crippen LogP contribution is -2.43. The van der Waals surface area contributed by atoms with Gasteiger partial charge in [-0.1, -0.05) is 6.08 Å². The highest BCUT2D eigenvalue weighted by Gasteiger charge is 2.34. The maximum Gasteiger partial charge on any atom is 0.308 e. The maximum absolute atomic E-state index is 14.0. The first-order valence-corrected chi connectivity index (χ1v) is 12.2. The number of fused-ring (bicyclic) bond motifs is 1. The summed E-state index contributed by atoms with van der Waals surface area (Å²) in [6.45, 7) is 0.578.